The Bertz CT molecular complexity index is 520. The van der Waals surface area contributed by atoms with E-state index in [-0.39, 0.29) is 35.8 Å². The number of amides is 1. The van der Waals surface area contributed by atoms with Crippen LogP contribution in [0.15, 0.2) is 9.41 Å². The summed E-state index contributed by atoms with van der Waals surface area (Å²) >= 11 is 0. The smallest absolute Gasteiger partial charge is 0.223 e. The lowest BCUT2D eigenvalue weighted by molar-refractivity contribution is -0.122. The minimum atomic E-state index is 0. The number of hydrogen-bond acceptors (Lipinski definition) is 4. The van der Waals surface area contributed by atoms with Crippen LogP contribution >= 0.6 is 24.0 Å². The minimum Gasteiger partial charge on any atom is -0.444 e. The second-order valence-electron chi connectivity index (χ2n) is 5.44. The van der Waals surface area contributed by atoms with Gasteiger partial charge in [-0.15, -0.1) is 24.0 Å². The van der Waals surface area contributed by atoms with Gasteiger partial charge in [0.15, 0.2) is 5.96 Å². The number of carbonyl (C=O) groups excluding carboxylic acids is 1. The first kappa shape index (κ1) is 19.7. The number of aryl methyl sites for hydroxylation is 2. The van der Waals surface area contributed by atoms with E-state index in [0.29, 0.717) is 31.5 Å². The third-order valence-corrected chi connectivity index (χ3v) is 3.45. The Morgan fingerprint density at radius 3 is 2.52 bits per heavy atom. The Morgan fingerprint density at radius 2 is 1.96 bits per heavy atom. The molecule has 1 aliphatic carbocycles. The van der Waals surface area contributed by atoms with Crippen molar-refractivity contribution in [2.75, 3.05) is 19.6 Å². The van der Waals surface area contributed by atoms with Crippen LogP contribution in [0.4, 0.5) is 0 Å². The molecule has 1 aromatic heterocycles. The van der Waals surface area contributed by atoms with Gasteiger partial charge in [0, 0.05) is 25.6 Å². The van der Waals surface area contributed by atoms with Crippen molar-refractivity contribution in [2.45, 2.75) is 40.2 Å². The Morgan fingerprint density at radius 1 is 1.26 bits per heavy atom. The van der Waals surface area contributed by atoms with E-state index in [0.717, 1.165) is 30.8 Å². The molecule has 1 heterocycles. The van der Waals surface area contributed by atoms with Crippen LogP contribution in [0.25, 0.3) is 0 Å². The van der Waals surface area contributed by atoms with Crippen LogP contribution in [-0.2, 0) is 11.3 Å². The van der Waals surface area contributed by atoms with Crippen molar-refractivity contribution in [3.05, 3.63) is 17.3 Å². The van der Waals surface area contributed by atoms with Gasteiger partial charge < -0.3 is 20.4 Å². The second kappa shape index (κ2) is 9.74. The molecule has 23 heavy (non-hydrogen) atoms. The quantitative estimate of drug-likeness (QED) is 0.261. The Labute approximate surface area is 154 Å². The van der Waals surface area contributed by atoms with Crippen molar-refractivity contribution in [1.82, 2.24) is 20.9 Å². The molecular weight excluding hydrogens is 409 g/mol. The van der Waals surface area contributed by atoms with Crippen molar-refractivity contribution in [3.63, 3.8) is 0 Å². The molecule has 1 aromatic rings. The summed E-state index contributed by atoms with van der Waals surface area (Å²) in [6.07, 6.45) is 2.05. The van der Waals surface area contributed by atoms with Gasteiger partial charge in [0.25, 0.3) is 0 Å². The number of aromatic nitrogens is 1. The molecule has 0 saturated heterocycles. The number of halogens is 1. The second-order valence-corrected chi connectivity index (χ2v) is 5.44. The van der Waals surface area contributed by atoms with E-state index in [1.165, 1.54) is 0 Å². The minimum absolute atomic E-state index is 0. The molecule has 0 bridgehead atoms. The maximum absolute atomic E-state index is 11.5. The van der Waals surface area contributed by atoms with Crippen LogP contribution in [0.5, 0.6) is 0 Å². The molecule has 0 aliphatic heterocycles. The first-order chi connectivity index (χ1) is 10.6. The Balaban J connectivity index is 0.00000264. The van der Waals surface area contributed by atoms with Gasteiger partial charge in [0.05, 0.1) is 5.69 Å². The standard InChI is InChI=1S/C15H25N5O2.HI/c1-4-16-15(18-8-7-17-14(21)12-5-6-12)19-9-13-20-10(2)11(3)22-13;/h12H,4-9H2,1-3H3,(H,17,21)(H2,16,18,19);1H. The molecule has 0 spiro atoms. The van der Waals surface area contributed by atoms with Crippen LogP contribution in [0.3, 0.4) is 0 Å². The van der Waals surface area contributed by atoms with Crippen molar-refractivity contribution in [1.29, 1.82) is 0 Å². The highest BCUT2D eigenvalue weighted by Gasteiger charge is 2.28. The monoisotopic (exact) mass is 435 g/mol. The van der Waals surface area contributed by atoms with E-state index in [4.69, 9.17) is 4.42 Å². The molecule has 0 aromatic carbocycles. The SMILES string of the molecule is CCNC(=NCc1nc(C)c(C)o1)NCCNC(=O)C1CC1.I. The fourth-order valence-corrected chi connectivity index (χ4v) is 1.95. The first-order valence-electron chi connectivity index (χ1n) is 7.83. The lowest BCUT2D eigenvalue weighted by Gasteiger charge is -2.11. The highest BCUT2D eigenvalue weighted by Crippen LogP contribution is 2.28. The maximum Gasteiger partial charge on any atom is 0.223 e. The Hall–Kier alpha value is -1.32. The number of nitrogens with one attached hydrogen (secondary N) is 3. The topological polar surface area (TPSA) is 91.6 Å². The number of nitrogens with zero attached hydrogens (tertiary/aromatic N) is 2. The van der Waals surface area contributed by atoms with E-state index in [2.05, 4.69) is 25.9 Å². The fourth-order valence-electron chi connectivity index (χ4n) is 1.95. The number of carbonyl (C=O) groups is 1. The van der Waals surface area contributed by atoms with Crippen LogP contribution in [0.1, 0.15) is 37.1 Å². The third kappa shape index (κ3) is 6.76. The van der Waals surface area contributed by atoms with Gasteiger partial charge in [0.2, 0.25) is 11.8 Å². The highest BCUT2D eigenvalue weighted by atomic mass is 127. The summed E-state index contributed by atoms with van der Waals surface area (Å²) in [5.41, 5.74) is 0.894. The summed E-state index contributed by atoms with van der Waals surface area (Å²) in [6.45, 7) is 8.19. The summed E-state index contributed by atoms with van der Waals surface area (Å²) in [5.74, 6) is 2.53. The lowest BCUT2D eigenvalue weighted by atomic mass is 10.4. The van der Waals surface area contributed by atoms with E-state index >= 15 is 0 Å². The molecule has 1 fully saturated rings. The van der Waals surface area contributed by atoms with Gasteiger partial charge in [-0.25, -0.2) is 9.98 Å². The van der Waals surface area contributed by atoms with Gasteiger partial charge in [-0.2, -0.15) is 0 Å². The largest absolute Gasteiger partial charge is 0.444 e. The zero-order valence-corrected chi connectivity index (χ0v) is 16.3. The number of rotatable bonds is 7. The molecule has 130 valence electrons. The molecule has 3 N–H and O–H groups in total. The molecule has 0 atom stereocenters. The van der Waals surface area contributed by atoms with Crippen molar-refractivity contribution >= 4 is 35.8 Å². The van der Waals surface area contributed by atoms with E-state index < -0.39 is 0 Å². The number of hydrogen-bond donors (Lipinski definition) is 3. The predicted octanol–water partition coefficient (Wildman–Crippen LogP) is 1.49. The zero-order chi connectivity index (χ0) is 15.9. The molecule has 1 saturated carbocycles. The molecule has 8 heteroatoms. The van der Waals surface area contributed by atoms with E-state index in [1.54, 1.807) is 0 Å². The van der Waals surface area contributed by atoms with Crippen LogP contribution in [0.2, 0.25) is 0 Å². The van der Waals surface area contributed by atoms with Gasteiger partial charge >= 0.3 is 0 Å². The van der Waals surface area contributed by atoms with Gasteiger partial charge in [-0.3, -0.25) is 4.79 Å². The summed E-state index contributed by atoms with van der Waals surface area (Å²) in [4.78, 5) is 20.2. The number of guanidine groups is 1. The molecule has 0 unspecified atom stereocenters. The molecule has 2 rings (SSSR count). The highest BCUT2D eigenvalue weighted by molar-refractivity contribution is 14.0. The summed E-state index contributed by atoms with van der Waals surface area (Å²) < 4.78 is 5.50. The van der Waals surface area contributed by atoms with E-state index in [9.17, 15) is 4.79 Å². The van der Waals surface area contributed by atoms with E-state index in [1.807, 2.05) is 20.8 Å². The first-order valence-corrected chi connectivity index (χ1v) is 7.83. The van der Waals surface area contributed by atoms with Crippen molar-refractivity contribution < 1.29 is 9.21 Å². The summed E-state index contributed by atoms with van der Waals surface area (Å²) in [5, 5.41) is 9.25. The summed E-state index contributed by atoms with van der Waals surface area (Å²) in [7, 11) is 0. The van der Waals surface area contributed by atoms with Gasteiger partial charge in [-0.1, -0.05) is 0 Å². The number of oxazole rings is 1. The van der Waals surface area contributed by atoms with Crippen LogP contribution in [-0.4, -0.2) is 36.5 Å². The molecule has 0 radical (unpaired) electrons. The predicted molar refractivity (Wildman–Crippen MR) is 99.9 cm³/mol. The summed E-state index contributed by atoms with van der Waals surface area (Å²) in [6, 6.07) is 0. The average molecular weight is 435 g/mol. The van der Waals surface area contributed by atoms with Crippen LogP contribution < -0.4 is 16.0 Å². The molecular formula is C15H26IN5O2. The molecule has 7 nitrogen and oxygen atoms in total. The van der Waals surface area contributed by atoms with Gasteiger partial charge in [-0.05, 0) is 33.6 Å². The van der Waals surface area contributed by atoms with Crippen molar-refractivity contribution in [2.24, 2.45) is 10.9 Å². The van der Waals surface area contributed by atoms with Crippen LogP contribution in [0, 0.1) is 19.8 Å². The third-order valence-electron chi connectivity index (χ3n) is 3.45. The molecule has 1 aliphatic rings. The Kier molecular flexibility index (Phi) is 8.35. The maximum atomic E-state index is 11.5. The number of aliphatic imine (C=N–C) groups is 1. The normalized spacial score (nSPS) is 14.1. The fraction of sp³-hybridized carbons (Fsp3) is 0.667. The lowest BCUT2D eigenvalue weighted by Crippen LogP contribution is -2.41. The zero-order valence-electron chi connectivity index (χ0n) is 13.9. The average Bonchev–Trinajstić information content (AvgIpc) is 3.28. The van der Waals surface area contributed by atoms with Crippen molar-refractivity contribution in [3.8, 4) is 0 Å². The molecule has 1 amide bonds. The van der Waals surface area contributed by atoms with Gasteiger partial charge in [0.1, 0.15) is 12.3 Å².